The van der Waals surface area contributed by atoms with Crippen LogP contribution in [0.2, 0.25) is 10.0 Å². The van der Waals surface area contributed by atoms with Crippen LogP contribution in [-0.2, 0) is 6.54 Å². The minimum Gasteiger partial charge on any atom is -0.494 e. The van der Waals surface area contributed by atoms with E-state index in [1.807, 2.05) is 50.2 Å². The second-order valence-electron chi connectivity index (χ2n) is 4.48. The third kappa shape index (κ3) is 3.59. The Labute approximate surface area is 129 Å². The Balaban J connectivity index is 2.15. The summed E-state index contributed by atoms with van der Waals surface area (Å²) in [5.74, 6) is 0.886. The molecule has 0 aliphatic carbocycles. The van der Waals surface area contributed by atoms with E-state index < -0.39 is 0 Å². The Kier molecular flexibility index (Phi) is 5.16. The number of rotatable bonds is 5. The maximum absolute atomic E-state index is 6.22. The molecule has 0 spiro atoms. The van der Waals surface area contributed by atoms with Crippen molar-refractivity contribution in [1.82, 2.24) is 0 Å². The summed E-state index contributed by atoms with van der Waals surface area (Å²) in [6, 6.07) is 11.7. The van der Waals surface area contributed by atoms with Crippen LogP contribution in [-0.4, -0.2) is 6.61 Å². The van der Waals surface area contributed by atoms with Gasteiger partial charge in [-0.2, -0.15) is 0 Å². The minimum absolute atomic E-state index is 0.634. The highest BCUT2D eigenvalue weighted by Crippen LogP contribution is 2.29. The quantitative estimate of drug-likeness (QED) is 0.807. The van der Waals surface area contributed by atoms with E-state index in [9.17, 15) is 0 Å². The van der Waals surface area contributed by atoms with Gasteiger partial charge in [0.1, 0.15) is 5.75 Å². The summed E-state index contributed by atoms with van der Waals surface area (Å²) in [5, 5.41) is 4.67. The molecule has 4 heteroatoms. The first kappa shape index (κ1) is 15.0. The smallest absolute Gasteiger partial charge is 0.124 e. The van der Waals surface area contributed by atoms with E-state index in [4.69, 9.17) is 27.9 Å². The van der Waals surface area contributed by atoms with Crippen LogP contribution in [0.4, 0.5) is 5.69 Å². The Morgan fingerprint density at radius 2 is 1.85 bits per heavy atom. The number of halogens is 2. The lowest BCUT2D eigenvalue weighted by atomic mass is 10.2. The molecule has 0 saturated heterocycles. The molecular weight excluding hydrogens is 293 g/mol. The van der Waals surface area contributed by atoms with Gasteiger partial charge in [-0.3, -0.25) is 0 Å². The molecule has 0 fully saturated rings. The summed E-state index contributed by atoms with van der Waals surface area (Å²) in [6.45, 7) is 5.19. The molecule has 1 N–H and O–H groups in total. The monoisotopic (exact) mass is 309 g/mol. The number of nitrogens with one attached hydrogen (secondary N) is 1. The van der Waals surface area contributed by atoms with Crippen LogP contribution < -0.4 is 10.1 Å². The van der Waals surface area contributed by atoms with Crippen molar-refractivity contribution in [1.29, 1.82) is 0 Å². The van der Waals surface area contributed by atoms with E-state index in [-0.39, 0.29) is 0 Å². The SMILES string of the molecule is CCOc1ccccc1CNc1cc(Cl)c(C)cc1Cl. The molecule has 0 heterocycles. The van der Waals surface area contributed by atoms with Gasteiger partial charge in [0.15, 0.2) is 0 Å². The molecule has 0 aliphatic rings. The molecule has 2 aromatic rings. The summed E-state index contributed by atoms with van der Waals surface area (Å²) in [7, 11) is 0. The summed E-state index contributed by atoms with van der Waals surface area (Å²) in [5.41, 5.74) is 2.88. The molecule has 2 rings (SSSR count). The molecule has 0 aliphatic heterocycles. The van der Waals surface area contributed by atoms with Crippen molar-refractivity contribution in [2.45, 2.75) is 20.4 Å². The Hall–Kier alpha value is -1.38. The van der Waals surface area contributed by atoms with Crippen LogP contribution in [0.1, 0.15) is 18.1 Å². The number of anilines is 1. The number of aryl methyl sites for hydroxylation is 1. The predicted octanol–water partition coefficient (Wildman–Crippen LogP) is 5.31. The van der Waals surface area contributed by atoms with Crippen molar-refractivity contribution in [3.8, 4) is 5.75 Å². The summed E-state index contributed by atoms with van der Waals surface area (Å²) >= 11 is 12.3. The second-order valence-corrected chi connectivity index (χ2v) is 5.29. The number of para-hydroxylation sites is 1. The molecule has 0 radical (unpaired) electrons. The van der Waals surface area contributed by atoms with Gasteiger partial charge in [0.2, 0.25) is 0 Å². The summed E-state index contributed by atoms with van der Waals surface area (Å²) in [4.78, 5) is 0. The molecule has 0 unspecified atom stereocenters. The molecule has 20 heavy (non-hydrogen) atoms. The van der Waals surface area contributed by atoms with Gasteiger partial charge >= 0.3 is 0 Å². The average molecular weight is 310 g/mol. The van der Waals surface area contributed by atoms with Gasteiger partial charge in [0, 0.05) is 17.1 Å². The van der Waals surface area contributed by atoms with Gasteiger partial charge in [0.25, 0.3) is 0 Å². The predicted molar refractivity (Wildman–Crippen MR) is 86.1 cm³/mol. The van der Waals surface area contributed by atoms with Gasteiger partial charge in [-0.15, -0.1) is 0 Å². The van der Waals surface area contributed by atoms with Gasteiger partial charge in [-0.25, -0.2) is 0 Å². The first-order valence-corrected chi connectivity index (χ1v) is 7.27. The highest BCUT2D eigenvalue weighted by molar-refractivity contribution is 6.35. The third-order valence-electron chi connectivity index (χ3n) is 2.99. The highest BCUT2D eigenvalue weighted by atomic mass is 35.5. The molecule has 0 bridgehead atoms. The van der Waals surface area contributed by atoms with Crippen molar-refractivity contribution in [2.24, 2.45) is 0 Å². The largest absolute Gasteiger partial charge is 0.494 e. The van der Waals surface area contributed by atoms with Gasteiger partial charge in [-0.1, -0.05) is 41.4 Å². The zero-order valence-corrected chi connectivity index (χ0v) is 13.1. The first-order valence-electron chi connectivity index (χ1n) is 6.52. The number of ether oxygens (including phenoxy) is 1. The van der Waals surface area contributed by atoms with E-state index in [1.54, 1.807) is 0 Å². The van der Waals surface area contributed by atoms with Crippen LogP contribution in [0.5, 0.6) is 5.75 Å². The van der Waals surface area contributed by atoms with Crippen molar-refractivity contribution >= 4 is 28.9 Å². The van der Waals surface area contributed by atoms with Gasteiger partial charge in [0.05, 0.1) is 17.3 Å². The average Bonchev–Trinajstić information content (AvgIpc) is 2.43. The van der Waals surface area contributed by atoms with Crippen molar-refractivity contribution in [2.75, 3.05) is 11.9 Å². The van der Waals surface area contributed by atoms with Gasteiger partial charge in [-0.05, 0) is 37.6 Å². The zero-order chi connectivity index (χ0) is 14.5. The van der Waals surface area contributed by atoms with Crippen LogP contribution in [0.3, 0.4) is 0 Å². The fraction of sp³-hybridized carbons (Fsp3) is 0.250. The molecule has 2 aromatic carbocycles. The first-order chi connectivity index (χ1) is 9.61. The van der Waals surface area contributed by atoms with Crippen LogP contribution in [0.25, 0.3) is 0 Å². The molecule has 0 amide bonds. The second kappa shape index (κ2) is 6.87. The van der Waals surface area contributed by atoms with E-state index in [2.05, 4.69) is 5.32 Å². The van der Waals surface area contributed by atoms with Crippen LogP contribution in [0.15, 0.2) is 36.4 Å². The van der Waals surface area contributed by atoms with Crippen molar-refractivity contribution in [3.63, 3.8) is 0 Å². The molecule has 0 saturated carbocycles. The fourth-order valence-corrected chi connectivity index (χ4v) is 2.37. The Morgan fingerprint density at radius 3 is 2.60 bits per heavy atom. The molecule has 2 nitrogen and oxygen atoms in total. The molecule has 0 aromatic heterocycles. The molecular formula is C16H17Cl2NO. The lowest BCUT2D eigenvalue weighted by molar-refractivity contribution is 0.337. The topological polar surface area (TPSA) is 21.3 Å². The number of benzene rings is 2. The number of hydrogen-bond donors (Lipinski definition) is 1. The number of hydrogen-bond acceptors (Lipinski definition) is 2. The highest BCUT2D eigenvalue weighted by Gasteiger charge is 2.06. The van der Waals surface area contributed by atoms with E-state index >= 15 is 0 Å². The lowest BCUT2D eigenvalue weighted by Gasteiger charge is -2.13. The third-order valence-corrected chi connectivity index (χ3v) is 3.71. The summed E-state index contributed by atoms with van der Waals surface area (Å²) < 4.78 is 5.60. The van der Waals surface area contributed by atoms with Crippen molar-refractivity contribution < 1.29 is 4.74 Å². The van der Waals surface area contributed by atoms with E-state index in [0.717, 1.165) is 22.6 Å². The standard InChI is InChI=1S/C16H17Cl2NO/c1-3-20-16-7-5-4-6-12(16)10-19-15-9-13(17)11(2)8-14(15)18/h4-9,19H,3,10H2,1-2H3. The minimum atomic E-state index is 0.634. The summed E-state index contributed by atoms with van der Waals surface area (Å²) in [6.07, 6.45) is 0. The Morgan fingerprint density at radius 1 is 1.10 bits per heavy atom. The van der Waals surface area contributed by atoms with Crippen LogP contribution >= 0.6 is 23.2 Å². The zero-order valence-electron chi connectivity index (χ0n) is 11.5. The van der Waals surface area contributed by atoms with Crippen LogP contribution in [0, 0.1) is 6.92 Å². The molecule has 0 atom stereocenters. The van der Waals surface area contributed by atoms with E-state index in [0.29, 0.717) is 23.2 Å². The molecule has 106 valence electrons. The van der Waals surface area contributed by atoms with Gasteiger partial charge < -0.3 is 10.1 Å². The maximum Gasteiger partial charge on any atom is 0.124 e. The normalized spacial score (nSPS) is 10.4. The lowest BCUT2D eigenvalue weighted by Crippen LogP contribution is -2.03. The van der Waals surface area contributed by atoms with Crippen molar-refractivity contribution in [3.05, 3.63) is 57.6 Å². The fourth-order valence-electron chi connectivity index (χ4n) is 1.92. The Bertz CT molecular complexity index is 599. The maximum atomic E-state index is 6.22. The van der Waals surface area contributed by atoms with E-state index in [1.165, 1.54) is 0 Å².